The molecule has 0 aliphatic heterocycles. The summed E-state index contributed by atoms with van der Waals surface area (Å²) in [5.41, 5.74) is -3.17. The molecule has 0 atom stereocenters. The van der Waals surface area contributed by atoms with Crippen molar-refractivity contribution in [1.29, 1.82) is 0 Å². The summed E-state index contributed by atoms with van der Waals surface area (Å²) in [4.78, 5) is 3.10. The normalized spacial score (nSPS) is 12.4. The van der Waals surface area contributed by atoms with Crippen LogP contribution < -0.4 is 9.47 Å². The van der Waals surface area contributed by atoms with Gasteiger partial charge in [0.25, 0.3) is 0 Å². The van der Waals surface area contributed by atoms with E-state index in [1.807, 2.05) is 0 Å². The second-order valence-corrected chi connectivity index (χ2v) is 3.16. The van der Waals surface area contributed by atoms with Crippen LogP contribution in [0.1, 0.15) is 11.3 Å². The van der Waals surface area contributed by atoms with E-state index in [0.29, 0.717) is 0 Å². The van der Waals surface area contributed by atoms with Gasteiger partial charge < -0.3 is 9.47 Å². The lowest BCUT2D eigenvalue weighted by Crippen LogP contribution is -2.21. The summed E-state index contributed by atoms with van der Waals surface area (Å²) in [5, 5.41) is 0. The van der Waals surface area contributed by atoms with E-state index in [1.54, 1.807) is 0 Å². The van der Waals surface area contributed by atoms with Crippen LogP contribution in [0.3, 0.4) is 0 Å². The molecule has 19 heavy (non-hydrogen) atoms. The van der Waals surface area contributed by atoms with Crippen molar-refractivity contribution >= 4 is 0 Å². The maximum absolute atomic E-state index is 12.6. The molecule has 3 nitrogen and oxygen atoms in total. The van der Waals surface area contributed by atoms with Gasteiger partial charge in [0, 0.05) is 6.07 Å². The summed E-state index contributed by atoms with van der Waals surface area (Å²) in [5.74, 6) is -2.24. The zero-order chi connectivity index (χ0) is 14.8. The highest BCUT2D eigenvalue weighted by atomic mass is 19.4. The Balaban J connectivity index is 3.47. The van der Waals surface area contributed by atoms with E-state index in [1.165, 1.54) is 0 Å². The first-order valence-electron chi connectivity index (χ1n) is 4.55. The van der Waals surface area contributed by atoms with Gasteiger partial charge >= 0.3 is 12.5 Å². The minimum absolute atomic E-state index is 0.287. The minimum atomic E-state index is -5.36. The van der Waals surface area contributed by atoms with Gasteiger partial charge in [-0.3, -0.25) is 0 Å². The molecular formula is C9H6F7NO2. The minimum Gasteiger partial charge on any atom is -0.481 e. The van der Waals surface area contributed by atoms with Crippen LogP contribution in [0.15, 0.2) is 6.07 Å². The van der Waals surface area contributed by atoms with Gasteiger partial charge in [-0.05, 0) is 0 Å². The Labute approximate surface area is 101 Å². The van der Waals surface area contributed by atoms with Gasteiger partial charge in [0.2, 0.25) is 5.88 Å². The Kier molecular flexibility index (Phi) is 4.11. The molecule has 0 N–H and O–H groups in total. The lowest BCUT2D eigenvalue weighted by atomic mass is 10.1. The van der Waals surface area contributed by atoms with Crippen LogP contribution in [0.25, 0.3) is 0 Å². The van der Waals surface area contributed by atoms with Crippen molar-refractivity contribution in [2.75, 3.05) is 7.11 Å². The number of methoxy groups -OCH3 is 1. The smallest absolute Gasteiger partial charge is 0.481 e. The number of alkyl halides is 7. The van der Waals surface area contributed by atoms with E-state index in [-0.39, 0.29) is 6.07 Å². The molecule has 0 saturated carbocycles. The zero-order valence-corrected chi connectivity index (χ0v) is 9.19. The third-order valence-electron chi connectivity index (χ3n) is 1.88. The first-order chi connectivity index (χ1) is 8.58. The molecular weight excluding hydrogens is 287 g/mol. The highest BCUT2D eigenvalue weighted by Gasteiger charge is 2.42. The molecule has 1 aromatic heterocycles. The number of hydrogen-bond donors (Lipinski definition) is 0. The molecule has 1 aromatic rings. The molecule has 0 spiro atoms. The largest absolute Gasteiger partial charge is 0.573 e. The van der Waals surface area contributed by atoms with Crippen LogP contribution in [0.4, 0.5) is 30.7 Å². The summed E-state index contributed by atoms with van der Waals surface area (Å²) < 4.78 is 94.1. The summed E-state index contributed by atoms with van der Waals surface area (Å²) >= 11 is 0. The quantitative estimate of drug-likeness (QED) is 0.800. The molecule has 0 amide bonds. The molecule has 0 fully saturated rings. The molecule has 1 rings (SSSR count). The average Bonchev–Trinajstić information content (AvgIpc) is 2.23. The summed E-state index contributed by atoms with van der Waals surface area (Å²) in [6.45, 7) is -1.72. The Hall–Kier alpha value is -1.74. The molecule has 0 aromatic carbocycles. The first-order valence-corrected chi connectivity index (χ1v) is 4.55. The van der Waals surface area contributed by atoms with E-state index in [2.05, 4.69) is 14.5 Å². The predicted octanol–water partition coefficient (Wildman–Crippen LogP) is 3.48. The van der Waals surface area contributed by atoms with E-state index in [0.717, 1.165) is 7.11 Å². The van der Waals surface area contributed by atoms with Crippen LogP contribution in [-0.4, -0.2) is 18.5 Å². The Morgan fingerprint density at radius 1 is 1.16 bits per heavy atom. The van der Waals surface area contributed by atoms with Crippen LogP contribution >= 0.6 is 0 Å². The van der Waals surface area contributed by atoms with Gasteiger partial charge in [-0.2, -0.15) is 13.2 Å². The number of pyridine rings is 1. The number of nitrogens with zero attached hydrogens (tertiary/aromatic N) is 1. The predicted molar refractivity (Wildman–Crippen MR) is 47.3 cm³/mol. The molecule has 1 heterocycles. The SMILES string of the molecule is COc1cc(OC(F)(F)F)c(C(F)(F)F)c(CF)n1. The van der Waals surface area contributed by atoms with Crippen LogP contribution in [0.2, 0.25) is 0 Å². The lowest BCUT2D eigenvalue weighted by molar-refractivity contribution is -0.276. The van der Waals surface area contributed by atoms with Crippen molar-refractivity contribution < 1.29 is 40.2 Å². The van der Waals surface area contributed by atoms with E-state index in [4.69, 9.17) is 0 Å². The van der Waals surface area contributed by atoms with Gasteiger partial charge in [0.05, 0.1) is 12.8 Å². The number of aromatic nitrogens is 1. The Morgan fingerprint density at radius 2 is 1.74 bits per heavy atom. The van der Waals surface area contributed by atoms with Gasteiger partial charge in [0.1, 0.15) is 18.0 Å². The maximum Gasteiger partial charge on any atom is 0.573 e. The van der Waals surface area contributed by atoms with Crippen molar-refractivity contribution in [3.8, 4) is 11.6 Å². The van der Waals surface area contributed by atoms with E-state index in [9.17, 15) is 30.7 Å². The van der Waals surface area contributed by atoms with Crippen molar-refractivity contribution in [3.05, 3.63) is 17.3 Å². The number of halogens is 7. The van der Waals surface area contributed by atoms with Crippen molar-refractivity contribution in [2.24, 2.45) is 0 Å². The highest BCUT2D eigenvalue weighted by molar-refractivity contribution is 5.42. The standard InChI is InChI=1S/C9H6F7NO2/c1-18-6-2-5(19-9(14,15)16)7(8(11,12)13)4(3-10)17-6/h2H,3H2,1H3. The maximum atomic E-state index is 12.6. The number of hydrogen-bond acceptors (Lipinski definition) is 3. The third-order valence-corrected chi connectivity index (χ3v) is 1.88. The van der Waals surface area contributed by atoms with Crippen LogP contribution in [0.5, 0.6) is 11.6 Å². The molecule has 0 saturated heterocycles. The topological polar surface area (TPSA) is 31.4 Å². The molecule has 0 unspecified atom stereocenters. The van der Waals surface area contributed by atoms with Crippen molar-refractivity contribution in [3.63, 3.8) is 0 Å². The van der Waals surface area contributed by atoms with E-state index >= 15 is 0 Å². The number of rotatable bonds is 3. The fourth-order valence-corrected chi connectivity index (χ4v) is 1.26. The summed E-state index contributed by atoms with van der Waals surface area (Å²) in [6, 6.07) is 0.287. The Morgan fingerprint density at radius 3 is 2.11 bits per heavy atom. The molecule has 0 bridgehead atoms. The average molecular weight is 293 g/mol. The fraction of sp³-hybridized carbons (Fsp3) is 0.444. The van der Waals surface area contributed by atoms with Gasteiger partial charge in [-0.15, -0.1) is 13.2 Å². The highest BCUT2D eigenvalue weighted by Crippen LogP contribution is 2.41. The third kappa shape index (κ3) is 3.86. The monoisotopic (exact) mass is 293 g/mol. The summed E-state index contributed by atoms with van der Waals surface area (Å²) in [6.07, 6.45) is -10.6. The zero-order valence-electron chi connectivity index (χ0n) is 9.19. The van der Waals surface area contributed by atoms with Crippen LogP contribution in [-0.2, 0) is 12.9 Å². The molecule has 0 radical (unpaired) electrons. The second-order valence-electron chi connectivity index (χ2n) is 3.16. The Bertz CT molecular complexity index is 455. The van der Waals surface area contributed by atoms with Gasteiger partial charge in [0.15, 0.2) is 0 Å². The summed E-state index contributed by atoms with van der Waals surface area (Å²) in [7, 11) is 0.953. The first kappa shape index (κ1) is 15.3. The van der Waals surface area contributed by atoms with E-state index < -0.39 is 42.1 Å². The van der Waals surface area contributed by atoms with Crippen molar-refractivity contribution in [1.82, 2.24) is 4.98 Å². The van der Waals surface area contributed by atoms with Crippen LogP contribution in [0, 0.1) is 0 Å². The van der Waals surface area contributed by atoms with Gasteiger partial charge in [-0.1, -0.05) is 0 Å². The number of ether oxygens (including phenoxy) is 2. The molecule has 0 aliphatic rings. The molecule has 10 heteroatoms. The lowest BCUT2D eigenvalue weighted by Gasteiger charge is -2.17. The molecule has 0 aliphatic carbocycles. The fourth-order valence-electron chi connectivity index (χ4n) is 1.26. The second kappa shape index (κ2) is 5.10. The van der Waals surface area contributed by atoms with Gasteiger partial charge in [-0.25, -0.2) is 9.37 Å². The van der Waals surface area contributed by atoms with Crippen molar-refractivity contribution in [2.45, 2.75) is 19.2 Å². The molecule has 108 valence electrons.